The van der Waals surface area contributed by atoms with Gasteiger partial charge in [0.2, 0.25) is 0 Å². The van der Waals surface area contributed by atoms with Gasteiger partial charge in [-0.15, -0.1) is 0 Å². The van der Waals surface area contributed by atoms with Gasteiger partial charge in [0.1, 0.15) is 4.60 Å². The van der Waals surface area contributed by atoms with Crippen LogP contribution in [-0.2, 0) is 7.05 Å². The Morgan fingerprint density at radius 2 is 2.14 bits per heavy atom. The maximum atomic E-state index is 4.19. The highest BCUT2D eigenvalue weighted by Gasteiger charge is 2.06. The lowest BCUT2D eigenvalue weighted by molar-refractivity contribution is 0.750. The first kappa shape index (κ1) is 9.46. The molecule has 0 aliphatic heterocycles. The van der Waals surface area contributed by atoms with Crippen molar-refractivity contribution in [2.24, 2.45) is 7.05 Å². The lowest BCUT2D eigenvalue weighted by Crippen LogP contribution is -1.88. The predicted molar refractivity (Wildman–Crippen MR) is 61.1 cm³/mol. The number of rotatable bonds is 1. The molecule has 1 aromatic heterocycles. The Morgan fingerprint density at radius 1 is 1.36 bits per heavy atom. The van der Waals surface area contributed by atoms with Gasteiger partial charge in [-0.3, -0.25) is 4.68 Å². The molecule has 0 aliphatic rings. The Morgan fingerprint density at radius 3 is 2.71 bits per heavy atom. The second-order valence-corrected chi connectivity index (χ2v) is 4.09. The summed E-state index contributed by atoms with van der Waals surface area (Å²) >= 11 is 3.51. The van der Waals surface area contributed by atoms with Crippen LogP contribution in [0.5, 0.6) is 0 Å². The van der Waals surface area contributed by atoms with E-state index >= 15 is 0 Å². The van der Waals surface area contributed by atoms with Gasteiger partial charge in [-0.1, -0.05) is 29.8 Å². The minimum atomic E-state index is 1.02. The fourth-order valence-electron chi connectivity index (χ4n) is 1.43. The van der Waals surface area contributed by atoms with Crippen LogP contribution in [0.15, 0.2) is 35.1 Å². The number of aromatic nitrogens is 2. The van der Waals surface area contributed by atoms with E-state index in [4.69, 9.17) is 0 Å². The number of nitrogens with zero attached hydrogens (tertiary/aromatic N) is 2. The van der Waals surface area contributed by atoms with Crippen LogP contribution in [0.4, 0.5) is 0 Å². The molecular weight excluding hydrogens is 240 g/mol. The lowest BCUT2D eigenvalue weighted by atomic mass is 10.1. The van der Waals surface area contributed by atoms with Crippen molar-refractivity contribution < 1.29 is 0 Å². The summed E-state index contributed by atoms with van der Waals surface area (Å²) in [5.41, 5.74) is 3.60. The average molecular weight is 251 g/mol. The zero-order valence-electron chi connectivity index (χ0n) is 8.16. The average Bonchev–Trinajstić information content (AvgIpc) is 2.48. The first-order chi connectivity index (χ1) is 6.68. The zero-order chi connectivity index (χ0) is 10.1. The molecule has 2 aromatic rings. The maximum Gasteiger partial charge on any atom is 0.111 e. The fraction of sp³-hybridized carbons (Fsp3) is 0.182. The van der Waals surface area contributed by atoms with Crippen molar-refractivity contribution in [3.63, 3.8) is 0 Å². The Kier molecular flexibility index (Phi) is 2.42. The summed E-state index contributed by atoms with van der Waals surface area (Å²) in [6, 6.07) is 8.40. The van der Waals surface area contributed by atoms with Gasteiger partial charge in [-0.25, -0.2) is 0 Å². The van der Waals surface area contributed by atoms with Crippen LogP contribution in [0, 0.1) is 6.92 Å². The molecule has 1 aromatic carbocycles. The van der Waals surface area contributed by atoms with Crippen molar-refractivity contribution >= 4 is 15.9 Å². The van der Waals surface area contributed by atoms with Crippen LogP contribution in [0.2, 0.25) is 0 Å². The van der Waals surface area contributed by atoms with E-state index in [1.807, 2.05) is 17.9 Å². The van der Waals surface area contributed by atoms with Crippen molar-refractivity contribution in [3.05, 3.63) is 40.6 Å². The molecule has 0 fully saturated rings. The molecule has 1 heterocycles. The topological polar surface area (TPSA) is 17.8 Å². The maximum absolute atomic E-state index is 4.19. The molecule has 0 saturated heterocycles. The third-order valence-corrected chi connectivity index (χ3v) is 3.14. The summed E-state index contributed by atoms with van der Waals surface area (Å²) in [5, 5.41) is 4.19. The van der Waals surface area contributed by atoms with Crippen molar-refractivity contribution in [1.82, 2.24) is 9.78 Å². The lowest BCUT2D eigenvalue weighted by Gasteiger charge is -2.00. The summed E-state index contributed by atoms with van der Waals surface area (Å²) in [4.78, 5) is 0. The van der Waals surface area contributed by atoms with Crippen LogP contribution < -0.4 is 0 Å². The molecule has 0 saturated carbocycles. The van der Waals surface area contributed by atoms with Crippen LogP contribution in [0.3, 0.4) is 0 Å². The van der Waals surface area contributed by atoms with Crippen LogP contribution in [-0.4, -0.2) is 9.78 Å². The Bertz CT molecular complexity index is 460. The first-order valence-corrected chi connectivity index (χ1v) is 5.22. The molecule has 0 aliphatic carbocycles. The molecule has 0 bridgehead atoms. The van der Waals surface area contributed by atoms with E-state index in [9.17, 15) is 0 Å². The highest BCUT2D eigenvalue weighted by molar-refractivity contribution is 9.10. The third kappa shape index (κ3) is 1.60. The molecular formula is C11H11BrN2. The second-order valence-electron chi connectivity index (χ2n) is 3.34. The molecule has 0 N–H and O–H groups in total. The molecule has 0 radical (unpaired) electrons. The molecule has 2 nitrogen and oxygen atoms in total. The van der Waals surface area contributed by atoms with Gasteiger partial charge in [-0.05, 0) is 28.4 Å². The number of hydrogen-bond acceptors (Lipinski definition) is 1. The van der Waals surface area contributed by atoms with E-state index in [1.54, 1.807) is 0 Å². The second kappa shape index (κ2) is 3.58. The normalized spacial score (nSPS) is 10.5. The van der Waals surface area contributed by atoms with Gasteiger partial charge in [0, 0.05) is 12.6 Å². The standard InChI is InChI=1S/C11H11BrN2/c1-8-4-3-5-9(6-8)10-7-13-14(2)11(10)12/h3-7H,1-2H3. The Hall–Kier alpha value is -1.09. The molecule has 0 amide bonds. The minimum Gasteiger partial charge on any atom is -0.261 e. The molecule has 72 valence electrons. The van der Waals surface area contributed by atoms with E-state index in [0.717, 1.165) is 10.2 Å². The molecule has 0 unspecified atom stereocenters. The van der Waals surface area contributed by atoms with E-state index in [2.05, 4.69) is 52.2 Å². The van der Waals surface area contributed by atoms with E-state index in [0.29, 0.717) is 0 Å². The van der Waals surface area contributed by atoms with Gasteiger partial charge in [0.25, 0.3) is 0 Å². The number of hydrogen-bond donors (Lipinski definition) is 0. The Labute approximate surface area is 91.7 Å². The summed E-state index contributed by atoms with van der Waals surface area (Å²) in [7, 11) is 1.92. The smallest absolute Gasteiger partial charge is 0.111 e. The fourth-order valence-corrected chi connectivity index (χ4v) is 1.85. The third-order valence-electron chi connectivity index (χ3n) is 2.20. The van der Waals surface area contributed by atoms with Crippen LogP contribution in [0.25, 0.3) is 11.1 Å². The van der Waals surface area contributed by atoms with Crippen molar-refractivity contribution in [2.75, 3.05) is 0 Å². The van der Waals surface area contributed by atoms with Crippen molar-refractivity contribution in [2.45, 2.75) is 6.92 Å². The predicted octanol–water partition coefficient (Wildman–Crippen LogP) is 3.16. The first-order valence-electron chi connectivity index (χ1n) is 4.43. The number of aryl methyl sites for hydroxylation is 2. The van der Waals surface area contributed by atoms with Gasteiger partial charge in [0.05, 0.1) is 6.20 Å². The SMILES string of the molecule is Cc1cccc(-c2cnn(C)c2Br)c1. The summed E-state index contributed by atoms with van der Waals surface area (Å²) in [6.07, 6.45) is 1.87. The van der Waals surface area contributed by atoms with Gasteiger partial charge in [-0.2, -0.15) is 5.10 Å². The van der Waals surface area contributed by atoms with E-state index in [-0.39, 0.29) is 0 Å². The minimum absolute atomic E-state index is 1.02. The summed E-state index contributed by atoms with van der Waals surface area (Å²) < 4.78 is 2.83. The van der Waals surface area contributed by atoms with Crippen molar-refractivity contribution in [3.8, 4) is 11.1 Å². The van der Waals surface area contributed by atoms with Gasteiger partial charge >= 0.3 is 0 Å². The molecule has 2 rings (SSSR count). The van der Waals surface area contributed by atoms with Crippen molar-refractivity contribution in [1.29, 1.82) is 0 Å². The van der Waals surface area contributed by atoms with E-state index < -0.39 is 0 Å². The van der Waals surface area contributed by atoms with Gasteiger partial charge in [0.15, 0.2) is 0 Å². The largest absolute Gasteiger partial charge is 0.261 e. The zero-order valence-corrected chi connectivity index (χ0v) is 9.75. The molecule has 0 spiro atoms. The number of halogens is 1. The van der Waals surface area contributed by atoms with Crippen LogP contribution in [0.1, 0.15) is 5.56 Å². The monoisotopic (exact) mass is 250 g/mol. The Balaban J connectivity index is 2.55. The summed E-state index contributed by atoms with van der Waals surface area (Å²) in [6.45, 7) is 2.09. The van der Waals surface area contributed by atoms with Gasteiger partial charge < -0.3 is 0 Å². The molecule has 0 atom stereocenters. The number of benzene rings is 1. The molecule has 14 heavy (non-hydrogen) atoms. The van der Waals surface area contributed by atoms with Crippen LogP contribution >= 0.6 is 15.9 Å². The molecule has 3 heteroatoms. The highest BCUT2D eigenvalue weighted by Crippen LogP contribution is 2.27. The van der Waals surface area contributed by atoms with E-state index in [1.165, 1.54) is 11.1 Å². The highest BCUT2D eigenvalue weighted by atomic mass is 79.9. The summed E-state index contributed by atoms with van der Waals surface area (Å²) in [5.74, 6) is 0. The quantitative estimate of drug-likeness (QED) is 0.761.